The fourth-order valence-corrected chi connectivity index (χ4v) is 2.14. The molecule has 2 aromatic rings. The van der Waals surface area contributed by atoms with Crippen LogP contribution in [0, 0.1) is 0 Å². The first-order chi connectivity index (χ1) is 10.3. The maximum Gasteiger partial charge on any atom is 0.228 e. The van der Waals surface area contributed by atoms with Crippen LogP contribution in [-0.2, 0) is 6.42 Å². The van der Waals surface area contributed by atoms with Crippen molar-refractivity contribution in [3.05, 3.63) is 35.2 Å². The molecule has 0 aliphatic carbocycles. The molecule has 1 aromatic heterocycles. The van der Waals surface area contributed by atoms with Crippen molar-refractivity contribution in [2.24, 2.45) is 4.99 Å². The molecule has 2 heterocycles. The molecular weight excluding hydrogens is 290 g/mol. The van der Waals surface area contributed by atoms with Crippen molar-refractivity contribution in [2.75, 3.05) is 19.6 Å². The zero-order valence-corrected chi connectivity index (χ0v) is 12.2. The summed E-state index contributed by atoms with van der Waals surface area (Å²) in [5.41, 5.74) is 0.890. The zero-order chi connectivity index (χ0) is 14.5. The predicted molar refractivity (Wildman–Crippen MR) is 81.4 cm³/mol. The van der Waals surface area contributed by atoms with Crippen molar-refractivity contribution >= 4 is 17.6 Å². The van der Waals surface area contributed by atoms with E-state index in [2.05, 4.69) is 25.8 Å². The van der Waals surface area contributed by atoms with Crippen molar-refractivity contribution in [3.8, 4) is 11.4 Å². The van der Waals surface area contributed by atoms with E-state index in [1.54, 1.807) is 12.1 Å². The van der Waals surface area contributed by atoms with Crippen LogP contribution in [0.1, 0.15) is 12.3 Å². The Balaban J connectivity index is 1.55. The van der Waals surface area contributed by atoms with E-state index >= 15 is 0 Å². The average molecular weight is 306 g/mol. The second kappa shape index (κ2) is 6.58. The number of nitrogens with one attached hydrogen (secondary N) is 2. The van der Waals surface area contributed by atoms with Crippen LogP contribution in [0.15, 0.2) is 33.8 Å². The number of nitrogens with zero attached hydrogens (tertiary/aromatic N) is 3. The molecule has 0 saturated carbocycles. The van der Waals surface area contributed by atoms with Gasteiger partial charge in [0.05, 0.1) is 0 Å². The molecule has 0 amide bonds. The fraction of sp³-hybridized carbons (Fsp3) is 0.357. The maximum absolute atomic E-state index is 5.86. The minimum Gasteiger partial charge on any atom is -0.356 e. The number of aliphatic imine (C=N–C) groups is 1. The molecule has 0 saturated heterocycles. The normalized spacial score (nSPS) is 14.4. The molecule has 1 aliphatic heterocycles. The van der Waals surface area contributed by atoms with Gasteiger partial charge in [-0.1, -0.05) is 16.8 Å². The van der Waals surface area contributed by atoms with Gasteiger partial charge in [0.15, 0.2) is 5.96 Å². The van der Waals surface area contributed by atoms with E-state index in [1.807, 2.05) is 12.1 Å². The first-order valence-electron chi connectivity index (χ1n) is 6.92. The summed E-state index contributed by atoms with van der Waals surface area (Å²) in [4.78, 5) is 8.71. The lowest BCUT2D eigenvalue weighted by molar-refractivity contribution is 0.378. The SMILES string of the molecule is Clc1ccc(-c2noc(CCNC3=NCCCN3)n2)cc1. The molecular formula is C14H16ClN5O. The van der Waals surface area contributed by atoms with Crippen LogP contribution in [0.3, 0.4) is 0 Å². The van der Waals surface area contributed by atoms with Gasteiger partial charge in [-0.3, -0.25) is 4.99 Å². The molecule has 7 heteroatoms. The van der Waals surface area contributed by atoms with E-state index in [1.165, 1.54) is 0 Å². The lowest BCUT2D eigenvalue weighted by atomic mass is 10.2. The fourth-order valence-electron chi connectivity index (χ4n) is 2.01. The van der Waals surface area contributed by atoms with Gasteiger partial charge in [0.1, 0.15) is 0 Å². The van der Waals surface area contributed by atoms with Gasteiger partial charge in [-0.25, -0.2) is 0 Å². The summed E-state index contributed by atoms with van der Waals surface area (Å²) in [5.74, 6) is 2.03. The summed E-state index contributed by atoms with van der Waals surface area (Å²) < 4.78 is 5.24. The largest absolute Gasteiger partial charge is 0.356 e. The number of hydrogen-bond donors (Lipinski definition) is 2. The Kier molecular flexibility index (Phi) is 4.35. The Morgan fingerprint density at radius 3 is 2.90 bits per heavy atom. The Morgan fingerprint density at radius 1 is 1.29 bits per heavy atom. The number of benzene rings is 1. The Morgan fingerprint density at radius 2 is 2.14 bits per heavy atom. The number of aromatic nitrogens is 2. The highest BCUT2D eigenvalue weighted by molar-refractivity contribution is 6.30. The third kappa shape index (κ3) is 3.72. The highest BCUT2D eigenvalue weighted by Crippen LogP contribution is 2.18. The van der Waals surface area contributed by atoms with Gasteiger partial charge in [-0.05, 0) is 30.7 Å². The van der Waals surface area contributed by atoms with Gasteiger partial charge in [0.25, 0.3) is 0 Å². The molecule has 0 bridgehead atoms. The summed E-state index contributed by atoms with van der Waals surface area (Å²) in [6.45, 7) is 2.54. The van der Waals surface area contributed by atoms with Gasteiger partial charge in [0.2, 0.25) is 11.7 Å². The first kappa shape index (κ1) is 13.9. The van der Waals surface area contributed by atoms with E-state index in [-0.39, 0.29) is 0 Å². The van der Waals surface area contributed by atoms with Gasteiger partial charge in [0, 0.05) is 36.6 Å². The topological polar surface area (TPSA) is 75.3 Å². The summed E-state index contributed by atoms with van der Waals surface area (Å²) in [6.07, 6.45) is 1.74. The molecule has 0 atom stereocenters. The first-order valence-corrected chi connectivity index (χ1v) is 7.30. The smallest absolute Gasteiger partial charge is 0.228 e. The molecule has 0 radical (unpaired) electrons. The highest BCUT2D eigenvalue weighted by atomic mass is 35.5. The molecule has 21 heavy (non-hydrogen) atoms. The van der Waals surface area contributed by atoms with Gasteiger partial charge in [-0.15, -0.1) is 0 Å². The van der Waals surface area contributed by atoms with E-state index in [0.29, 0.717) is 29.7 Å². The van der Waals surface area contributed by atoms with Crippen LogP contribution in [0.4, 0.5) is 0 Å². The highest BCUT2D eigenvalue weighted by Gasteiger charge is 2.09. The predicted octanol–water partition coefficient (Wildman–Crippen LogP) is 1.87. The molecule has 110 valence electrons. The minimum atomic E-state index is 0.579. The molecule has 6 nitrogen and oxygen atoms in total. The lowest BCUT2D eigenvalue weighted by Crippen LogP contribution is -2.41. The van der Waals surface area contributed by atoms with Crippen molar-refractivity contribution < 1.29 is 4.52 Å². The third-order valence-electron chi connectivity index (χ3n) is 3.10. The van der Waals surface area contributed by atoms with Crippen LogP contribution in [0.2, 0.25) is 5.02 Å². The number of halogens is 1. The summed E-state index contributed by atoms with van der Waals surface area (Å²) in [6, 6.07) is 7.36. The Hall–Kier alpha value is -2.08. The van der Waals surface area contributed by atoms with Crippen LogP contribution >= 0.6 is 11.6 Å². The van der Waals surface area contributed by atoms with E-state index in [4.69, 9.17) is 16.1 Å². The van der Waals surface area contributed by atoms with E-state index in [0.717, 1.165) is 31.0 Å². The molecule has 3 rings (SSSR count). The quantitative estimate of drug-likeness (QED) is 0.902. The standard InChI is InChI=1S/C14H16ClN5O/c15-11-4-2-10(3-5-11)13-19-12(21-20-13)6-9-18-14-16-7-1-8-17-14/h2-5H,1,6-9H2,(H2,16,17,18). The van der Waals surface area contributed by atoms with Crippen LogP contribution < -0.4 is 10.6 Å². The summed E-state index contributed by atoms with van der Waals surface area (Å²) in [5, 5.41) is 11.1. The van der Waals surface area contributed by atoms with Crippen LogP contribution in [0.25, 0.3) is 11.4 Å². The molecule has 2 N–H and O–H groups in total. The van der Waals surface area contributed by atoms with E-state index < -0.39 is 0 Å². The van der Waals surface area contributed by atoms with Crippen LogP contribution in [0.5, 0.6) is 0 Å². The average Bonchev–Trinajstić information content (AvgIpc) is 2.98. The molecule has 0 unspecified atom stereocenters. The van der Waals surface area contributed by atoms with Crippen LogP contribution in [-0.4, -0.2) is 35.7 Å². The van der Waals surface area contributed by atoms with Crippen molar-refractivity contribution in [3.63, 3.8) is 0 Å². The number of guanidine groups is 1. The Bertz CT molecular complexity index is 623. The number of hydrogen-bond acceptors (Lipinski definition) is 6. The summed E-state index contributed by atoms with van der Waals surface area (Å²) in [7, 11) is 0. The molecule has 0 spiro atoms. The zero-order valence-electron chi connectivity index (χ0n) is 11.5. The number of rotatable bonds is 4. The Labute approximate surface area is 127 Å². The second-order valence-corrected chi connectivity index (χ2v) is 5.14. The lowest BCUT2D eigenvalue weighted by Gasteiger charge is -2.15. The maximum atomic E-state index is 5.86. The monoisotopic (exact) mass is 305 g/mol. The molecule has 0 fully saturated rings. The third-order valence-corrected chi connectivity index (χ3v) is 3.35. The molecule has 1 aromatic carbocycles. The van der Waals surface area contributed by atoms with Gasteiger partial charge < -0.3 is 15.2 Å². The van der Waals surface area contributed by atoms with E-state index in [9.17, 15) is 0 Å². The van der Waals surface area contributed by atoms with Crippen molar-refractivity contribution in [1.82, 2.24) is 20.8 Å². The van der Waals surface area contributed by atoms with Gasteiger partial charge in [-0.2, -0.15) is 4.98 Å². The molecule has 1 aliphatic rings. The van der Waals surface area contributed by atoms with Gasteiger partial charge >= 0.3 is 0 Å². The second-order valence-electron chi connectivity index (χ2n) is 4.71. The minimum absolute atomic E-state index is 0.579. The van der Waals surface area contributed by atoms with Crippen molar-refractivity contribution in [1.29, 1.82) is 0 Å². The summed E-state index contributed by atoms with van der Waals surface area (Å²) >= 11 is 5.86. The van der Waals surface area contributed by atoms with Crippen molar-refractivity contribution in [2.45, 2.75) is 12.8 Å².